The van der Waals surface area contributed by atoms with Crippen molar-refractivity contribution in [1.29, 1.82) is 0 Å². The second kappa shape index (κ2) is 7.65. The fourth-order valence-corrected chi connectivity index (χ4v) is 2.74. The molecule has 3 aromatic carbocycles. The Balaban J connectivity index is 2.13. The molecule has 0 bridgehead atoms. The first kappa shape index (κ1) is 18.7. The number of halogens is 2. The average molecular weight is 405 g/mol. The average Bonchev–Trinajstić information content (AvgIpc) is 2.60. The van der Waals surface area contributed by atoms with E-state index in [4.69, 9.17) is 23.2 Å². The maximum Gasteiger partial charge on any atom is 0.128 e. The van der Waals surface area contributed by atoms with Crippen molar-refractivity contribution in [2.45, 2.75) is 0 Å². The van der Waals surface area contributed by atoms with Gasteiger partial charge in [0.2, 0.25) is 0 Å². The molecule has 0 aliphatic carbocycles. The second-order valence-corrected chi connectivity index (χ2v) is 6.44. The van der Waals surface area contributed by atoms with E-state index in [1.807, 2.05) is 0 Å². The lowest BCUT2D eigenvalue weighted by atomic mass is 10.00. The van der Waals surface area contributed by atoms with E-state index < -0.39 is 0 Å². The minimum absolute atomic E-state index is 0.128. The van der Waals surface area contributed by atoms with Crippen molar-refractivity contribution in [1.82, 2.24) is 0 Å². The van der Waals surface area contributed by atoms with E-state index in [1.54, 1.807) is 18.2 Å². The summed E-state index contributed by atoms with van der Waals surface area (Å²) in [7, 11) is 0. The van der Waals surface area contributed by atoms with Crippen LogP contribution in [0.2, 0.25) is 10.0 Å². The zero-order valence-corrected chi connectivity index (χ0v) is 15.2. The maximum atomic E-state index is 10.2. The molecule has 8 heteroatoms. The van der Waals surface area contributed by atoms with Gasteiger partial charge in [0, 0.05) is 28.3 Å². The number of nitrogens with zero attached hydrogens (tertiary/aromatic N) is 1. The molecular weight excluding hydrogens is 391 g/mol. The van der Waals surface area contributed by atoms with Crippen molar-refractivity contribution >= 4 is 34.6 Å². The van der Waals surface area contributed by atoms with E-state index in [-0.39, 0.29) is 39.8 Å². The smallest absolute Gasteiger partial charge is 0.128 e. The van der Waals surface area contributed by atoms with Crippen LogP contribution in [-0.2, 0) is 0 Å². The summed E-state index contributed by atoms with van der Waals surface area (Å²) < 4.78 is 0. The van der Waals surface area contributed by atoms with Crippen LogP contribution in [0.3, 0.4) is 0 Å². The molecule has 0 fully saturated rings. The number of benzene rings is 3. The van der Waals surface area contributed by atoms with Crippen LogP contribution in [0.5, 0.6) is 23.0 Å². The third kappa shape index (κ3) is 4.19. The number of hydrogen-bond donors (Lipinski definition) is 5. The van der Waals surface area contributed by atoms with Gasteiger partial charge in [-0.2, -0.15) is 5.10 Å². The molecule has 0 aromatic heterocycles. The molecule has 3 rings (SSSR count). The van der Waals surface area contributed by atoms with Gasteiger partial charge in [0.15, 0.2) is 0 Å². The number of nitrogens with one attached hydrogen (secondary N) is 1. The van der Waals surface area contributed by atoms with E-state index in [0.29, 0.717) is 15.7 Å². The van der Waals surface area contributed by atoms with Gasteiger partial charge in [0.05, 0.1) is 10.7 Å². The highest BCUT2D eigenvalue weighted by atomic mass is 35.5. The van der Waals surface area contributed by atoms with Crippen LogP contribution in [0.25, 0.3) is 0 Å². The zero-order chi connectivity index (χ0) is 19.6. The highest BCUT2D eigenvalue weighted by Gasteiger charge is 2.17. The zero-order valence-electron chi connectivity index (χ0n) is 13.7. The Kier molecular flexibility index (Phi) is 5.30. The van der Waals surface area contributed by atoms with Gasteiger partial charge in [-0.05, 0) is 42.5 Å². The molecule has 0 radical (unpaired) electrons. The molecule has 0 saturated carbocycles. The van der Waals surface area contributed by atoms with Crippen LogP contribution >= 0.6 is 23.2 Å². The first-order chi connectivity index (χ1) is 12.8. The quantitative estimate of drug-likeness (QED) is 0.320. The number of rotatable bonds is 4. The molecule has 0 atom stereocenters. The van der Waals surface area contributed by atoms with Crippen molar-refractivity contribution < 1.29 is 20.4 Å². The van der Waals surface area contributed by atoms with Gasteiger partial charge >= 0.3 is 0 Å². The molecule has 0 spiro atoms. The summed E-state index contributed by atoms with van der Waals surface area (Å²) in [6.45, 7) is 0. The van der Waals surface area contributed by atoms with Gasteiger partial charge in [-0.15, -0.1) is 0 Å². The van der Waals surface area contributed by atoms with Crippen LogP contribution in [0.15, 0.2) is 59.7 Å². The van der Waals surface area contributed by atoms with Crippen LogP contribution in [0, 0.1) is 0 Å². The highest BCUT2D eigenvalue weighted by molar-refractivity contribution is 6.35. The molecule has 0 heterocycles. The van der Waals surface area contributed by atoms with Crippen molar-refractivity contribution in [3.63, 3.8) is 0 Å². The maximum absolute atomic E-state index is 10.2. The fraction of sp³-hybridized carbons (Fsp3) is 0. The number of hydrogen-bond acceptors (Lipinski definition) is 6. The monoisotopic (exact) mass is 404 g/mol. The lowest BCUT2D eigenvalue weighted by molar-refractivity contribution is 0.449. The summed E-state index contributed by atoms with van der Waals surface area (Å²) in [6, 6.07) is 12.7. The van der Waals surface area contributed by atoms with Crippen LogP contribution in [0.1, 0.15) is 11.1 Å². The largest absolute Gasteiger partial charge is 0.508 e. The molecule has 0 saturated heterocycles. The molecule has 0 aliphatic rings. The van der Waals surface area contributed by atoms with Gasteiger partial charge in [-0.1, -0.05) is 23.2 Å². The Labute approximate surface area is 164 Å². The lowest BCUT2D eigenvalue weighted by Gasteiger charge is -2.13. The van der Waals surface area contributed by atoms with Crippen molar-refractivity contribution in [2.75, 3.05) is 5.43 Å². The van der Waals surface area contributed by atoms with Crippen LogP contribution < -0.4 is 5.43 Å². The normalized spacial score (nSPS) is 10.4. The summed E-state index contributed by atoms with van der Waals surface area (Å²) >= 11 is 12.1. The molecule has 6 nitrogen and oxygen atoms in total. The lowest BCUT2D eigenvalue weighted by Crippen LogP contribution is -2.07. The minimum Gasteiger partial charge on any atom is -0.508 e. The van der Waals surface area contributed by atoms with Crippen LogP contribution in [-0.4, -0.2) is 26.1 Å². The van der Waals surface area contributed by atoms with E-state index in [0.717, 1.165) is 12.1 Å². The Bertz CT molecular complexity index is 985. The molecule has 0 aliphatic heterocycles. The third-order valence-corrected chi connectivity index (χ3v) is 4.25. The molecule has 5 N–H and O–H groups in total. The Morgan fingerprint density at radius 3 is 1.81 bits per heavy atom. The van der Waals surface area contributed by atoms with Crippen molar-refractivity contribution in [2.24, 2.45) is 5.10 Å². The van der Waals surface area contributed by atoms with Gasteiger partial charge in [0.1, 0.15) is 28.7 Å². The first-order valence-corrected chi connectivity index (χ1v) is 8.44. The predicted molar refractivity (Wildman–Crippen MR) is 105 cm³/mol. The fourth-order valence-electron chi connectivity index (χ4n) is 2.41. The summed E-state index contributed by atoms with van der Waals surface area (Å²) in [4.78, 5) is 0. The van der Waals surface area contributed by atoms with Gasteiger partial charge in [-0.3, -0.25) is 5.43 Å². The number of aromatic hydroxyl groups is 4. The number of phenolic OH excluding ortho intramolecular Hbond substituents is 4. The SMILES string of the molecule is Oc1ccc(C(=NNc2cc(Cl)ccc2Cl)c2ccc(O)cc2O)c(O)c1. The van der Waals surface area contributed by atoms with Gasteiger partial charge < -0.3 is 20.4 Å². The summed E-state index contributed by atoms with van der Waals surface area (Å²) in [5.41, 5.74) is 3.80. The Hall–Kier alpha value is -3.09. The van der Waals surface area contributed by atoms with E-state index in [2.05, 4.69) is 10.5 Å². The first-order valence-electron chi connectivity index (χ1n) is 7.68. The summed E-state index contributed by atoms with van der Waals surface area (Å²) in [6.07, 6.45) is 0. The highest BCUT2D eigenvalue weighted by Crippen LogP contribution is 2.31. The molecule has 0 unspecified atom stereocenters. The number of phenols is 4. The molecule has 138 valence electrons. The minimum atomic E-state index is -0.250. The van der Waals surface area contributed by atoms with Gasteiger partial charge in [0.25, 0.3) is 0 Å². The van der Waals surface area contributed by atoms with Gasteiger partial charge in [-0.25, -0.2) is 0 Å². The third-order valence-electron chi connectivity index (χ3n) is 3.69. The number of anilines is 1. The second-order valence-electron chi connectivity index (χ2n) is 5.60. The van der Waals surface area contributed by atoms with E-state index in [1.165, 1.54) is 24.3 Å². The molecule has 3 aromatic rings. The number of hydrazone groups is 1. The summed E-state index contributed by atoms with van der Waals surface area (Å²) in [5.74, 6) is -0.756. The van der Waals surface area contributed by atoms with Crippen molar-refractivity contribution in [3.8, 4) is 23.0 Å². The molecular formula is C19H14Cl2N2O4. The molecule has 0 amide bonds. The molecule has 27 heavy (non-hydrogen) atoms. The standard InChI is InChI=1S/C19H14Cl2N2O4/c20-10-1-6-15(21)16(7-10)22-23-19(13-4-2-11(24)8-17(13)26)14-5-3-12(25)9-18(14)27/h1-9,22,24-27H. The van der Waals surface area contributed by atoms with E-state index in [9.17, 15) is 20.4 Å². The summed E-state index contributed by atoms with van der Waals surface area (Å²) in [5, 5.41) is 44.6. The van der Waals surface area contributed by atoms with E-state index >= 15 is 0 Å². The Morgan fingerprint density at radius 1 is 0.741 bits per heavy atom. The van der Waals surface area contributed by atoms with Crippen molar-refractivity contribution in [3.05, 3.63) is 75.8 Å². The Morgan fingerprint density at radius 2 is 1.30 bits per heavy atom. The predicted octanol–water partition coefficient (Wildman–Crippen LogP) is 4.68. The topological polar surface area (TPSA) is 105 Å². The van der Waals surface area contributed by atoms with Crippen LogP contribution in [0.4, 0.5) is 5.69 Å².